The molecule has 0 unspecified atom stereocenters. The fourth-order valence-corrected chi connectivity index (χ4v) is 4.93. The first-order valence-electron chi connectivity index (χ1n) is 12.1. The summed E-state index contributed by atoms with van der Waals surface area (Å²) in [5, 5.41) is 6.16. The van der Waals surface area contributed by atoms with Gasteiger partial charge in [0.05, 0.1) is 5.39 Å². The topological polar surface area (TPSA) is 61.7 Å². The van der Waals surface area contributed by atoms with E-state index in [9.17, 15) is 14.0 Å². The van der Waals surface area contributed by atoms with Crippen molar-refractivity contribution < 1.29 is 9.18 Å². The quantitative estimate of drug-likeness (QED) is 0.594. The van der Waals surface area contributed by atoms with Crippen molar-refractivity contribution in [1.29, 1.82) is 0 Å². The second-order valence-electron chi connectivity index (χ2n) is 9.08. The highest BCUT2D eigenvalue weighted by molar-refractivity contribution is 5.91. The second-order valence-corrected chi connectivity index (χ2v) is 9.08. The highest BCUT2D eigenvalue weighted by Crippen LogP contribution is 2.25. The number of carbonyl (C=O) groups excluding carboxylic acids is 1. The molecule has 0 radical (unpaired) electrons. The zero-order valence-corrected chi connectivity index (χ0v) is 19.3. The third-order valence-corrected chi connectivity index (χ3v) is 6.86. The molecule has 1 aromatic heterocycles. The molecule has 0 bridgehead atoms. The van der Waals surface area contributed by atoms with Gasteiger partial charge in [-0.2, -0.15) is 5.10 Å². The Kier molecular flexibility index (Phi) is 6.47. The third kappa shape index (κ3) is 4.62. The van der Waals surface area contributed by atoms with Crippen LogP contribution >= 0.6 is 0 Å². The monoisotopic (exact) mass is 463 g/mol. The molecule has 1 amide bonds. The first-order valence-corrected chi connectivity index (χ1v) is 12.1. The number of anilines is 2. The van der Waals surface area contributed by atoms with Gasteiger partial charge in [0.2, 0.25) is 5.91 Å². The van der Waals surface area contributed by atoms with Crippen LogP contribution in [0.5, 0.6) is 0 Å². The first-order chi connectivity index (χ1) is 16.6. The summed E-state index contributed by atoms with van der Waals surface area (Å²) in [5.74, 6) is 0.432. The van der Waals surface area contributed by atoms with Crippen molar-refractivity contribution in [3.05, 3.63) is 64.7 Å². The van der Waals surface area contributed by atoms with E-state index in [1.807, 2.05) is 24.3 Å². The molecule has 2 aromatic carbocycles. The predicted octanol–water partition coefficient (Wildman–Crippen LogP) is 3.26. The Morgan fingerprint density at radius 1 is 0.794 bits per heavy atom. The summed E-state index contributed by atoms with van der Waals surface area (Å²) < 4.78 is 14.6. The number of amides is 1. The Bertz CT molecular complexity index is 1210. The Morgan fingerprint density at radius 2 is 1.44 bits per heavy atom. The van der Waals surface area contributed by atoms with Gasteiger partial charge in [0, 0.05) is 50.3 Å². The number of fused-ring (bicyclic) bond motifs is 1. The molecule has 2 aliphatic rings. The van der Waals surface area contributed by atoms with Gasteiger partial charge in [-0.1, -0.05) is 31.0 Å². The number of hydrogen-bond donors (Lipinski definition) is 0. The van der Waals surface area contributed by atoms with Gasteiger partial charge in [-0.15, -0.1) is 0 Å². The number of benzene rings is 2. The summed E-state index contributed by atoms with van der Waals surface area (Å²) in [4.78, 5) is 32.5. The Morgan fingerprint density at radius 3 is 2.12 bits per heavy atom. The summed E-state index contributed by atoms with van der Waals surface area (Å²) in [6.45, 7) is 4.19. The predicted molar refractivity (Wildman–Crippen MR) is 132 cm³/mol. The number of piperazine rings is 1. The Hall–Kier alpha value is -3.42. The summed E-state index contributed by atoms with van der Waals surface area (Å²) >= 11 is 0. The zero-order valence-electron chi connectivity index (χ0n) is 19.3. The van der Waals surface area contributed by atoms with Gasteiger partial charge >= 0.3 is 0 Å². The molecule has 2 aliphatic heterocycles. The molecular weight excluding hydrogens is 433 g/mol. The zero-order chi connectivity index (χ0) is 23.5. The van der Waals surface area contributed by atoms with E-state index < -0.39 is 0 Å². The van der Waals surface area contributed by atoms with Crippen LogP contribution in [0.2, 0.25) is 0 Å². The fourth-order valence-electron chi connectivity index (χ4n) is 4.93. The van der Waals surface area contributed by atoms with Gasteiger partial charge in [0.25, 0.3) is 5.56 Å². The maximum Gasteiger partial charge on any atom is 0.275 e. The molecule has 2 fully saturated rings. The molecule has 5 rings (SSSR count). The highest BCUT2D eigenvalue weighted by atomic mass is 19.1. The van der Waals surface area contributed by atoms with E-state index in [4.69, 9.17) is 5.10 Å². The molecule has 0 aliphatic carbocycles. The standard InChI is InChI=1S/C26H30FN5O2/c27-20-9-11-21(12-10-20)29-15-17-30(18-16-29)24(33)19-32-26(34)23-8-4-3-7-22(23)25(28-32)31-13-5-1-2-6-14-31/h3-4,7-12H,1-2,5-6,13-19H2. The maximum atomic E-state index is 13.2. The van der Waals surface area contributed by atoms with Crippen LogP contribution in [-0.2, 0) is 11.3 Å². The van der Waals surface area contributed by atoms with Crippen LogP contribution in [0.1, 0.15) is 25.7 Å². The highest BCUT2D eigenvalue weighted by Gasteiger charge is 2.24. The van der Waals surface area contributed by atoms with Crippen LogP contribution < -0.4 is 15.4 Å². The minimum atomic E-state index is -0.259. The van der Waals surface area contributed by atoms with Gasteiger partial charge in [0.1, 0.15) is 12.4 Å². The molecule has 0 saturated carbocycles. The van der Waals surface area contributed by atoms with E-state index in [2.05, 4.69) is 9.80 Å². The smallest absolute Gasteiger partial charge is 0.275 e. The second kappa shape index (κ2) is 9.83. The normalized spacial score (nSPS) is 17.1. The molecule has 3 aromatic rings. The summed E-state index contributed by atoms with van der Waals surface area (Å²) in [6, 6.07) is 14.0. The lowest BCUT2D eigenvalue weighted by molar-refractivity contribution is -0.132. The van der Waals surface area contributed by atoms with Crippen molar-refractivity contribution in [1.82, 2.24) is 14.7 Å². The molecule has 8 heteroatoms. The van der Waals surface area contributed by atoms with Gasteiger partial charge < -0.3 is 14.7 Å². The van der Waals surface area contributed by atoms with E-state index in [1.54, 1.807) is 17.0 Å². The van der Waals surface area contributed by atoms with E-state index in [0.717, 1.165) is 42.8 Å². The van der Waals surface area contributed by atoms with Crippen LogP contribution in [0.15, 0.2) is 53.3 Å². The van der Waals surface area contributed by atoms with Crippen LogP contribution in [0.4, 0.5) is 15.9 Å². The van der Waals surface area contributed by atoms with Crippen molar-refractivity contribution in [2.24, 2.45) is 0 Å². The van der Waals surface area contributed by atoms with Crippen molar-refractivity contribution >= 4 is 28.2 Å². The van der Waals surface area contributed by atoms with Crippen LogP contribution in [0, 0.1) is 5.82 Å². The van der Waals surface area contributed by atoms with Gasteiger partial charge in [-0.3, -0.25) is 9.59 Å². The molecular formula is C26H30FN5O2. The Balaban J connectivity index is 1.34. The number of halogens is 1. The molecule has 34 heavy (non-hydrogen) atoms. The van der Waals surface area contributed by atoms with E-state index in [-0.39, 0.29) is 23.8 Å². The lowest BCUT2D eigenvalue weighted by Gasteiger charge is -2.36. The van der Waals surface area contributed by atoms with Crippen molar-refractivity contribution in [2.75, 3.05) is 49.1 Å². The van der Waals surface area contributed by atoms with Crippen molar-refractivity contribution in [2.45, 2.75) is 32.2 Å². The number of rotatable bonds is 4. The summed E-state index contributed by atoms with van der Waals surface area (Å²) in [7, 11) is 0. The molecule has 178 valence electrons. The molecule has 2 saturated heterocycles. The maximum absolute atomic E-state index is 13.2. The molecule has 0 spiro atoms. The average Bonchev–Trinajstić information content (AvgIpc) is 3.16. The largest absolute Gasteiger partial charge is 0.368 e. The van der Waals surface area contributed by atoms with Gasteiger partial charge in [-0.25, -0.2) is 9.07 Å². The minimum Gasteiger partial charge on any atom is -0.368 e. The average molecular weight is 464 g/mol. The molecule has 0 atom stereocenters. The number of nitrogens with zero attached hydrogens (tertiary/aromatic N) is 5. The van der Waals surface area contributed by atoms with E-state index in [1.165, 1.54) is 29.7 Å². The summed E-state index contributed by atoms with van der Waals surface area (Å²) in [5.41, 5.74) is 0.718. The number of aromatic nitrogens is 2. The lowest BCUT2D eigenvalue weighted by atomic mass is 10.1. The van der Waals surface area contributed by atoms with Crippen LogP contribution in [0.25, 0.3) is 10.8 Å². The first kappa shape index (κ1) is 22.4. The van der Waals surface area contributed by atoms with Gasteiger partial charge in [-0.05, 0) is 43.2 Å². The van der Waals surface area contributed by atoms with Crippen molar-refractivity contribution in [3.63, 3.8) is 0 Å². The molecule has 3 heterocycles. The number of carbonyl (C=O) groups is 1. The van der Waals surface area contributed by atoms with Crippen LogP contribution in [-0.4, -0.2) is 59.9 Å². The summed E-state index contributed by atoms with van der Waals surface area (Å²) in [6.07, 6.45) is 4.62. The Labute approximate surface area is 198 Å². The lowest BCUT2D eigenvalue weighted by Crippen LogP contribution is -2.50. The van der Waals surface area contributed by atoms with E-state index >= 15 is 0 Å². The molecule has 7 nitrogen and oxygen atoms in total. The fraction of sp³-hybridized carbons (Fsp3) is 0.423. The molecule has 0 N–H and O–H groups in total. The van der Waals surface area contributed by atoms with E-state index in [0.29, 0.717) is 31.6 Å². The SMILES string of the molecule is O=C(Cn1nc(N2CCCCCC2)c2ccccc2c1=O)N1CCN(c2ccc(F)cc2)CC1. The minimum absolute atomic E-state index is 0.0684. The van der Waals surface area contributed by atoms with Crippen molar-refractivity contribution in [3.8, 4) is 0 Å². The van der Waals surface area contributed by atoms with Gasteiger partial charge in [0.15, 0.2) is 5.82 Å². The van der Waals surface area contributed by atoms with Crippen LogP contribution in [0.3, 0.4) is 0 Å². The third-order valence-electron chi connectivity index (χ3n) is 6.86. The number of hydrogen-bond acceptors (Lipinski definition) is 5.